The van der Waals surface area contributed by atoms with Crippen LogP contribution < -0.4 is 5.32 Å². The zero-order valence-electron chi connectivity index (χ0n) is 16.6. The fraction of sp³-hybridized carbons (Fsp3) is 0.364. The van der Waals surface area contributed by atoms with Crippen molar-refractivity contribution < 1.29 is 5.11 Å². The molecule has 1 aromatic carbocycles. The SMILES string of the molecule is CC1(C)[C@H](c2cc3c(Nc4ccc5scnc5c4)ccnc3s2)CCN1CCO. The molecule has 150 valence electrons. The highest BCUT2D eigenvalue weighted by Gasteiger charge is 2.42. The van der Waals surface area contributed by atoms with E-state index in [0.717, 1.165) is 41.2 Å². The molecule has 0 unspecified atom stereocenters. The molecular weight excluding hydrogens is 400 g/mol. The van der Waals surface area contributed by atoms with Gasteiger partial charge < -0.3 is 10.4 Å². The number of fused-ring (bicyclic) bond motifs is 2. The van der Waals surface area contributed by atoms with Crippen molar-refractivity contribution in [2.75, 3.05) is 25.0 Å². The number of nitrogens with zero attached hydrogens (tertiary/aromatic N) is 3. The molecule has 3 aromatic heterocycles. The Labute approximate surface area is 178 Å². The van der Waals surface area contributed by atoms with Gasteiger partial charge in [0.05, 0.1) is 28.0 Å². The van der Waals surface area contributed by atoms with Crippen LogP contribution in [0.25, 0.3) is 20.4 Å². The number of likely N-dealkylation sites (tertiary alicyclic amines) is 1. The number of anilines is 2. The van der Waals surface area contributed by atoms with Crippen LogP contribution in [0.4, 0.5) is 11.4 Å². The largest absolute Gasteiger partial charge is 0.395 e. The molecule has 0 saturated carbocycles. The van der Waals surface area contributed by atoms with Crippen LogP contribution in [-0.4, -0.2) is 45.2 Å². The van der Waals surface area contributed by atoms with Crippen molar-refractivity contribution in [1.29, 1.82) is 0 Å². The molecule has 5 rings (SSSR count). The van der Waals surface area contributed by atoms with E-state index >= 15 is 0 Å². The number of aliphatic hydroxyl groups is 1. The van der Waals surface area contributed by atoms with Crippen molar-refractivity contribution in [1.82, 2.24) is 14.9 Å². The van der Waals surface area contributed by atoms with Crippen LogP contribution in [0.15, 0.2) is 42.0 Å². The Balaban J connectivity index is 1.48. The number of rotatable bonds is 5. The number of thiazole rings is 1. The highest BCUT2D eigenvalue weighted by atomic mass is 32.1. The fourth-order valence-corrected chi connectivity index (χ4v) is 6.49. The molecule has 1 saturated heterocycles. The number of pyridine rings is 1. The molecule has 0 amide bonds. The lowest BCUT2D eigenvalue weighted by molar-refractivity contribution is 0.127. The topological polar surface area (TPSA) is 61.3 Å². The summed E-state index contributed by atoms with van der Waals surface area (Å²) in [5, 5.41) is 14.1. The van der Waals surface area contributed by atoms with Gasteiger partial charge in [-0.3, -0.25) is 4.90 Å². The summed E-state index contributed by atoms with van der Waals surface area (Å²) in [5.41, 5.74) is 5.06. The van der Waals surface area contributed by atoms with Gasteiger partial charge in [0.15, 0.2) is 0 Å². The number of aliphatic hydroxyl groups excluding tert-OH is 1. The van der Waals surface area contributed by atoms with E-state index in [9.17, 15) is 5.11 Å². The van der Waals surface area contributed by atoms with Crippen LogP contribution in [0.1, 0.15) is 31.1 Å². The Hall–Kier alpha value is -2.06. The second kappa shape index (κ2) is 7.32. The van der Waals surface area contributed by atoms with E-state index in [4.69, 9.17) is 0 Å². The summed E-state index contributed by atoms with van der Waals surface area (Å²) < 4.78 is 1.20. The summed E-state index contributed by atoms with van der Waals surface area (Å²) >= 11 is 3.45. The first-order valence-electron chi connectivity index (χ1n) is 9.91. The lowest BCUT2D eigenvalue weighted by Crippen LogP contribution is -2.42. The molecule has 2 N–H and O–H groups in total. The Morgan fingerprint density at radius 2 is 2.14 bits per heavy atom. The molecular formula is C22H24N4OS2. The second-order valence-electron chi connectivity index (χ2n) is 8.09. The molecule has 7 heteroatoms. The standard InChI is InChI=1S/C22H24N4OS2/c1-22(2)16(6-8-26(22)9-10-27)20-12-15-17(5-7-23-21(15)29-20)25-14-3-4-19-18(11-14)24-13-28-19/h3-5,7,11-13,16,27H,6,8-10H2,1-2H3,(H,23,25)/t16-/m0/s1. The van der Waals surface area contributed by atoms with E-state index in [2.05, 4.69) is 58.3 Å². The average molecular weight is 425 g/mol. The summed E-state index contributed by atoms with van der Waals surface area (Å²) in [6.45, 7) is 6.56. The van der Waals surface area contributed by atoms with E-state index in [1.807, 2.05) is 17.8 Å². The summed E-state index contributed by atoms with van der Waals surface area (Å²) in [6.07, 6.45) is 2.99. The van der Waals surface area contributed by atoms with E-state index in [-0.39, 0.29) is 12.1 Å². The third-order valence-corrected chi connectivity index (χ3v) is 8.10. The van der Waals surface area contributed by atoms with Gasteiger partial charge in [0, 0.05) is 40.1 Å². The Morgan fingerprint density at radius 3 is 3.00 bits per heavy atom. The molecule has 1 atom stereocenters. The predicted octanol–water partition coefficient (Wildman–Crippen LogP) is 5.21. The minimum atomic E-state index is 0.0346. The zero-order valence-corrected chi connectivity index (χ0v) is 18.2. The van der Waals surface area contributed by atoms with Crippen molar-refractivity contribution in [2.24, 2.45) is 0 Å². The van der Waals surface area contributed by atoms with Crippen molar-refractivity contribution in [3.63, 3.8) is 0 Å². The molecule has 1 aliphatic rings. The van der Waals surface area contributed by atoms with Gasteiger partial charge in [0.2, 0.25) is 0 Å². The lowest BCUT2D eigenvalue weighted by atomic mass is 9.87. The third-order valence-electron chi connectivity index (χ3n) is 6.13. The van der Waals surface area contributed by atoms with Gasteiger partial charge in [-0.1, -0.05) is 0 Å². The summed E-state index contributed by atoms with van der Waals surface area (Å²) in [4.78, 5) is 13.9. The number of aromatic nitrogens is 2. The molecule has 0 radical (unpaired) electrons. The first-order valence-corrected chi connectivity index (χ1v) is 11.6. The van der Waals surface area contributed by atoms with Crippen molar-refractivity contribution in [3.05, 3.63) is 46.9 Å². The monoisotopic (exact) mass is 424 g/mol. The number of nitrogens with one attached hydrogen (secondary N) is 1. The molecule has 1 aliphatic heterocycles. The Kier molecular flexibility index (Phi) is 4.78. The lowest BCUT2D eigenvalue weighted by Gasteiger charge is -2.35. The van der Waals surface area contributed by atoms with Gasteiger partial charge in [-0.15, -0.1) is 22.7 Å². The fourth-order valence-electron chi connectivity index (χ4n) is 4.49. The minimum absolute atomic E-state index is 0.0346. The van der Waals surface area contributed by atoms with Gasteiger partial charge >= 0.3 is 0 Å². The van der Waals surface area contributed by atoms with Crippen LogP contribution in [0.5, 0.6) is 0 Å². The smallest absolute Gasteiger partial charge is 0.125 e. The number of hydrogen-bond acceptors (Lipinski definition) is 7. The molecule has 5 nitrogen and oxygen atoms in total. The van der Waals surface area contributed by atoms with Crippen molar-refractivity contribution in [3.8, 4) is 0 Å². The van der Waals surface area contributed by atoms with Gasteiger partial charge in [-0.2, -0.15) is 0 Å². The molecule has 0 bridgehead atoms. The van der Waals surface area contributed by atoms with Gasteiger partial charge in [0.25, 0.3) is 0 Å². The number of thiophene rings is 1. The van der Waals surface area contributed by atoms with Crippen LogP contribution in [0, 0.1) is 0 Å². The van der Waals surface area contributed by atoms with Gasteiger partial charge in [0.1, 0.15) is 4.83 Å². The molecule has 4 heterocycles. The normalized spacial score (nSPS) is 19.3. The third kappa shape index (κ3) is 3.32. The van der Waals surface area contributed by atoms with Gasteiger partial charge in [-0.25, -0.2) is 9.97 Å². The van der Waals surface area contributed by atoms with Crippen molar-refractivity contribution in [2.45, 2.75) is 31.7 Å². The van der Waals surface area contributed by atoms with E-state index in [0.29, 0.717) is 5.92 Å². The highest BCUT2D eigenvalue weighted by Crippen LogP contribution is 2.46. The van der Waals surface area contributed by atoms with Crippen molar-refractivity contribution >= 4 is 54.5 Å². The summed E-state index contributed by atoms with van der Waals surface area (Å²) in [7, 11) is 0. The Bertz CT molecular complexity index is 1170. The zero-order chi connectivity index (χ0) is 20.0. The van der Waals surface area contributed by atoms with Crippen LogP contribution >= 0.6 is 22.7 Å². The van der Waals surface area contributed by atoms with Crippen LogP contribution in [0.2, 0.25) is 0 Å². The molecule has 29 heavy (non-hydrogen) atoms. The summed E-state index contributed by atoms with van der Waals surface area (Å²) in [5.74, 6) is 0.451. The van der Waals surface area contributed by atoms with E-state index < -0.39 is 0 Å². The highest BCUT2D eigenvalue weighted by molar-refractivity contribution is 7.18. The molecule has 0 spiro atoms. The average Bonchev–Trinajstić information content (AvgIpc) is 3.39. The number of hydrogen-bond donors (Lipinski definition) is 2. The van der Waals surface area contributed by atoms with Gasteiger partial charge in [-0.05, 0) is 57.1 Å². The first-order chi connectivity index (χ1) is 14.1. The predicted molar refractivity (Wildman–Crippen MR) is 123 cm³/mol. The molecule has 4 aromatic rings. The maximum absolute atomic E-state index is 9.40. The minimum Gasteiger partial charge on any atom is -0.395 e. The number of benzene rings is 1. The van der Waals surface area contributed by atoms with Crippen LogP contribution in [-0.2, 0) is 0 Å². The Morgan fingerprint density at radius 1 is 1.24 bits per heavy atom. The van der Waals surface area contributed by atoms with E-state index in [1.165, 1.54) is 15.0 Å². The van der Waals surface area contributed by atoms with Crippen LogP contribution in [0.3, 0.4) is 0 Å². The first kappa shape index (κ1) is 18.9. The summed E-state index contributed by atoms with van der Waals surface area (Å²) in [6, 6.07) is 10.7. The number of β-amino-alcohol motifs (C(OH)–C–C–N with tert-alkyl or cyclic N) is 1. The molecule has 0 aliphatic carbocycles. The molecule has 1 fully saturated rings. The maximum atomic E-state index is 9.40. The second-order valence-corrected chi connectivity index (χ2v) is 10.0. The quantitative estimate of drug-likeness (QED) is 0.460. The van der Waals surface area contributed by atoms with E-state index in [1.54, 1.807) is 22.7 Å². The maximum Gasteiger partial charge on any atom is 0.125 e.